The van der Waals surface area contributed by atoms with E-state index in [1.165, 1.54) is 0 Å². The second-order valence-electron chi connectivity index (χ2n) is 7.98. The maximum absolute atomic E-state index is 12.4. The number of ether oxygens (including phenoxy) is 3. The zero-order valence-electron chi connectivity index (χ0n) is 17.3. The van der Waals surface area contributed by atoms with Gasteiger partial charge in [0.15, 0.2) is 5.60 Å². The van der Waals surface area contributed by atoms with Gasteiger partial charge in [-0.1, -0.05) is 12.1 Å². The fourth-order valence-corrected chi connectivity index (χ4v) is 2.52. The number of hydrogen-bond donors (Lipinski definition) is 0. The van der Waals surface area contributed by atoms with E-state index in [1.807, 2.05) is 46.8 Å². The average Bonchev–Trinajstić information content (AvgIpc) is 2.47. The first-order valence-corrected chi connectivity index (χ1v) is 9.04. The van der Waals surface area contributed by atoms with Crippen LogP contribution in [0.5, 0.6) is 5.75 Å². The van der Waals surface area contributed by atoms with Crippen LogP contribution in [0.3, 0.4) is 0 Å². The molecule has 1 aromatic carbocycles. The van der Waals surface area contributed by atoms with Crippen molar-refractivity contribution in [2.24, 2.45) is 0 Å². The molecule has 0 N–H and O–H groups in total. The maximum atomic E-state index is 12.4. The Morgan fingerprint density at radius 2 is 1.54 bits per heavy atom. The molecule has 5 heteroatoms. The van der Waals surface area contributed by atoms with E-state index in [0.29, 0.717) is 25.2 Å². The van der Waals surface area contributed by atoms with Crippen molar-refractivity contribution in [3.8, 4) is 5.75 Å². The van der Waals surface area contributed by atoms with E-state index in [0.717, 1.165) is 16.7 Å². The molecule has 0 aliphatic carbocycles. The van der Waals surface area contributed by atoms with Crippen LogP contribution in [0.15, 0.2) is 12.1 Å². The summed E-state index contributed by atoms with van der Waals surface area (Å²) in [6.07, 6.45) is 0.951. The molecule has 0 spiro atoms. The zero-order chi connectivity index (χ0) is 20.1. The average molecular weight is 364 g/mol. The van der Waals surface area contributed by atoms with Crippen molar-refractivity contribution in [1.29, 1.82) is 0 Å². The number of aryl methyl sites for hydroxylation is 3. The Kier molecular flexibility index (Phi) is 7.25. The van der Waals surface area contributed by atoms with Crippen LogP contribution in [0.2, 0.25) is 0 Å². The van der Waals surface area contributed by atoms with Crippen LogP contribution in [-0.2, 0) is 25.5 Å². The summed E-state index contributed by atoms with van der Waals surface area (Å²) in [5, 5.41) is 0. The maximum Gasteiger partial charge on any atom is 0.350 e. The van der Waals surface area contributed by atoms with Gasteiger partial charge in [0.1, 0.15) is 11.4 Å². The molecule has 5 nitrogen and oxygen atoms in total. The van der Waals surface area contributed by atoms with Crippen molar-refractivity contribution in [3.63, 3.8) is 0 Å². The van der Waals surface area contributed by atoms with Crippen LogP contribution in [-0.4, -0.2) is 29.7 Å². The van der Waals surface area contributed by atoms with E-state index >= 15 is 0 Å². The van der Waals surface area contributed by atoms with Gasteiger partial charge in [-0.15, -0.1) is 0 Å². The molecule has 0 fully saturated rings. The van der Waals surface area contributed by atoms with Gasteiger partial charge in [-0.3, -0.25) is 4.79 Å². The predicted octanol–water partition coefficient (Wildman–Crippen LogP) is 4.30. The van der Waals surface area contributed by atoms with Crippen molar-refractivity contribution >= 4 is 11.9 Å². The summed E-state index contributed by atoms with van der Waals surface area (Å²) >= 11 is 0. The first kappa shape index (κ1) is 22.0. The van der Waals surface area contributed by atoms with E-state index < -0.39 is 17.2 Å². The van der Waals surface area contributed by atoms with Gasteiger partial charge in [0, 0.05) is 6.42 Å². The first-order valence-electron chi connectivity index (χ1n) is 9.04. The normalized spacial score (nSPS) is 11.8. The van der Waals surface area contributed by atoms with Crippen LogP contribution < -0.4 is 4.74 Å². The smallest absolute Gasteiger partial charge is 0.350 e. The van der Waals surface area contributed by atoms with Gasteiger partial charge in [0.05, 0.1) is 6.61 Å². The molecule has 0 aliphatic rings. The molecule has 0 radical (unpaired) electrons. The van der Waals surface area contributed by atoms with Crippen molar-refractivity contribution in [3.05, 3.63) is 28.8 Å². The number of benzene rings is 1. The highest BCUT2D eigenvalue weighted by molar-refractivity contribution is 5.79. The molecule has 1 aromatic rings. The molecule has 0 bridgehead atoms. The summed E-state index contributed by atoms with van der Waals surface area (Å²) in [5.74, 6) is 0.0603. The van der Waals surface area contributed by atoms with Crippen LogP contribution >= 0.6 is 0 Å². The fourth-order valence-electron chi connectivity index (χ4n) is 2.52. The van der Waals surface area contributed by atoms with Crippen LogP contribution in [0.25, 0.3) is 0 Å². The number of carbonyl (C=O) groups is 2. The highest BCUT2D eigenvalue weighted by Gasteiger charge is 2.35. The summed E-state index contributed by atoms with van der Waals surface area (Å²) < 4.78 is 16.4. The molecular weight excluding hydrogens is 332 g/mol. The van der Waals surface area contributed by atoms with Gasteiger partial charge >= 0.3 is 11.9 Å². The van der Waals surface area contributed by atoms with Crippen LogP contribution in [0.1, 0.15) is 64.7 Å². The lowest BCUT2D eigenvalue weighted by Gasteiger charge is -2.30. The van der Waals surface area contributed by atoms with Crippen molar-refractivity contribution in [2.75, 3.05) is 6.61 Å². The Labute approximate surface area is 157 Å². The number of esters is 2. The SMILES string of the molecule is CCOC(=O)CCc1cc(C)c(OC(C)(C)C(=O)OC(C)(C)C)c(C)c1. The van der Waals surface area contributed by atoms with E-state index in [1.54, 1.807) is 20.8 Å². The van der Waals surface area contributed by atoms with Gasteiger partial charge in [-0.05, 0) is 78.5 Å². The standard InChI is InChI=1S/C21H32O5/c1-9-24-17(22)11-10-16-12-14(2)18(15(3)13-16)25-21(7,8)19(23)26-20(4,5)6/h12-13H,9-11H2,1-8H3. The second kappa shape index (κ2) is 8.56. The Balaban J connectivity index is 2.91. The van der Waals surface area contributed by atoms with Crippen molar-refractivity contribution < 1.29 is 23.8 Å². The van der Waals surface area contributed by atoms with E-state index in [4.69, 9.17) is 14.2 Å². The molecule has 0 aromatic heterocycles. The summed E-state index contributed by atoms with van der Waals surface area (Å²) in [7, 11) is 0. The van der Waals surface area contributed by atoms with Gasteiger partial charge < -0.3 is 14.2 Å². The number of rotatable bonds is 7. The van der Waals surface area contributed by atoms with E-state index in [-0.39, 0.29) is 5.97 Å². The van der Waals surface area contributed by atoms with Crippen LogP contribution in [0, 0.1) is 13.8 Å². The Morgan fingerprint density at radius 3 is 2.00 bits per heavy atom. The van der Waals surface area contributed by atoms with Gasteiger partial charge in [-0.25, -0.2) is 4.79 Å². The number of carbonyl (C=O) groups excluding carboxylic acids is 2. The third-order valence-electron chi connectivity index (χ3n) is 3.69. The summed E-state index contributed by atoms with van der Waals surface area (Å²) in [6.45, 7) is 14.9. The molecular formula is C21H32O5. The topological polar surface area (TPSA) is 61.8 Å². The molecule has 0 amide bonds. The van der Waals surface area contributed by atoms with E-state index in [9.17, 15) is 9.59 Å². The Bertz CT molecular complexity index is 630. The molecule has 1 rings (SSSR count). The molecule has 146 valence electrons. The highest BCUT2D eigenvalue weighted by Crippen LogP contribution is 2.30. The van der Waals surface area contributed by atoms with Gasteiger partial charge in [0.2, 0.25) is 0 Å². The van der Waals surface area contributed by atoms with Crippen molar-refractivity contribution in [2.45, 2.75) is 79.4 Å². The summed E-state index contributed by atoms with van der Waals surface area (Å²) in [6, 6.07) is 3.96. The Hall–Kier alpha value is -2.04. The van der Waals surface area contributed by atoms with Crippen LogP contribution in [0.4, 0.5) is 0 Å². The summed E-state index contributed by atoms with van der Waals surface area (Å²) in [5.41, 5.74) is 1.20. The first-order chi connectivity index (χ1) is 11.9. The molecule has 0 saturated carbocycles. The monoisotopic (exact) mass is 364 g/mol. The minimum Gasteiger partial charge on any atom is -0.476 e. The van der Waals surface area contributed by atoms with E-state index in [2.05, 4.69) is 0 Å². The largest absolute Gasteiger partial charge is 0.476 e. The third-order valence-corrected chi connectivity index (χ3v) is 3.69. The molecule has 0 atom stereocenters. The lowest BCUT2D eigenvalue weighted by Crippen LogP contribution is -2.43. The molecule has 0 unspecified atom stereocenters. The molecule has 0 aliphatic heterocycles. The van der Waals surface area contributed by atoms with Gasteiger partial charge in [0.25, 0.3) is 0 Å². The molecule has 0 saturated heterocycles. The Morgan fingerprint density at radius 1 is 1.00 bits per heavy atom. The third kappa shape index (κ3) is 6.70. The molecule has 26 heavy (non-hydrogen) atoms. The minimum absolute atomic E-state index is 0.200. The lowest BCUT2D eigenvalue weighted by atomic mass is 10.0. The quantitative estimate of drug-likeness (QED) is 0.675. The lowest BCUT2D eigenvalue weighted by molar-refractivity contribution is -0.171. The number of hydrogen-bond acceptors (Lipinski definition) is 5. The van der Waals surface area contributed by atoms with Gasteiger partial charge in [-0.2, -0.15) is 0 Å². The van der Waals surface area contributed by atoms with Crippen molar-refractivity contribution in [1.82, 2.24) is 0 Å². The predicted molar refractivity (Wildman–Crippen MR) is 101 cm³/mol. The zero-order valence-corrected chi connectivity index (χ0v) is 17.3. The minimum atomic E-state index is -1.10. The fraction of sp³-hybridized carbons (Fsp3) is 0.619. The molecule has 0 heterocycles. The highest BCUT2D eigenvalue weighted by atomic mass is 16.6. The second-order valence-corrected chi connectivity index (χ2v) is 7.98. The summed E-state index contributed by atoms with van der Waals surface area (Å²) in [4.78, 5) is 23.9.